The minimum absolute atomic E-state index is 0.128. The van der Waals surface area contributed by atoms with Gasteiger partial charge in [0.15, 0.2) is 0 Å². The smallest absolute Gasteiger partial charge is 0.261 e. The minimum Gasteiger partial charge on any atom is -0.497 e. The molecule has 2 aromatic rings. The molecule has 7 heteroatoms. The number of rotatable bonds is 5. The molecule has 0 saturated carbocycles. The van der Waals surface area contributed by atoms with Gasteiger partial charge >= 0.3 is 0 Å². The second-order valence-electron chi connectivity index (χ2n) is 4.24. The van der Waals surface area contributed by atoms with Crippen molar-refractivity contribution < 1.29 is 18.3 Å². The van der Waals surface area contributed by atoms with E-state index < -0.39 is 10.0 Å². The summed E-state index contributed by atoms with van der Waals surface area (Å²) in [6.45, 7) is -0.277. The summed E-state index contributed by atoms with van der Waals surface area (Å²) in [6, 6.07) is 11.2. The number of sulfonamides is 1. The number of ether oxygens (including phenoxy) is 1. The van der Waals surface area contributed by atoms with Crippen LogP contribution in [0.15, 0.2) is 51.8 Å². The molecule has 0 aliphatic rings. The molecule has 0 aliphatic heterocycles. The fourth-order valence-electron chi connectivity index (χ4n) is 1.75. The first-order valence-electron chi connectivity index (χ1n) is 6.02. The molecule has 112 valence electrons. The van der Waals surface area contributed by atoms with Crippen LogP contribution in [0.4, 0.5) is 5.69 Å². The topological polar surface area (TPSA) is 75.6 Å². The number of nitrogens with one attached hydrogen (secondary N) is 1. The highest BCUT2D eigenvalue weighted by Gasteiger charge is 2.16. The molecule has 0 amide bonds. The van der Waals surface area contributed by atoms with E-state index >= 15 is 0 Å². The standard InChI is InChI=1S/C14H14BrNO4S/c1-20-12-6-5-10(9-17)14(8-12)16-21(18,19)13-4-2-3-11(15)7-13/h2-8,16-17H,9H2,1H3. The Bertz CT molecular complexity index is 746. The molecule has 0 fully saturated rings. The van der Waals surface area contributed by atoms with E-state index in [9.17, 15) is 13.5 Å². The van der Waals surface area contributed by atoms with Crippen molar-refractivity contribution >= 4 is 31.6 Å². The summed E-state index contributed by atoms with van der Waals surface area (Å²) in [5.74, 6) is 0.499. The van der Waals surface area contributed by atoms with Crippen LogP contribution in [0.25, 0.3) is 0 Å². The van der Waals surface area contributed by atoms with Crippen LogP contribution in [0.5, 0.6) is 5.75 Å². The number of anilines is 1. The third-order valence-corrected chi connectivity index (χ3v) is 4.69. The molecule has 5 nitrogen and oxygen atoms in total. The lowest BCUT2D eigenvalue weighted by Crippen LogP contribution is -2.14. The van der Waals surface area contributed by atoms with Gasteiger partial charge in [-0.25, -0.2) is 8.42 Å². The first-order valence-corrected chi connectivity index (χ1v) is 8.30. The quantitative estimate of drug-likeness (QED) is 0.846. The van der Waals surface area contributed by atoms with Gasteiger partial charge in [0.2, 0.25) is 0 Å². The highest BCUT2D eigenvalue weighted by molar-refractivity contribution is 9.10. The van der Waals surface area contributed by atoms with Gasteiger partial charge in [0.1, 0.15) is 5.75 Å². The van der Waals surface area contributed by atoms with E-state index in [0.717, 1.165) is 0 Å². The number of aliphatic hydroxyl groups excluding tert-OH is 1. The monoisotopic (exact) mass is 371 g/mol. The number of benzene rings is 2. The van der Waals surface area contributed by atoms with E-state index in [4.69, 9.17) is 4.74 Å². The first-order chi connectivity index (χ1) is 9.96. The van der Waals surface area contributed by atoms with E-state index in [-0.39, 0.29) is 17.2 Å². The van der Waals surface area contributed by atoms with Crippen LogP contribution in [0.3, 0.4) is 0 Å². The van der Waals surface area contributed by atoms with Gasteiger partial charge in [-0.05, 0) is 24.3 Å². The molecule has 0 saturated heterocycles. The largest absolute Gasteiger partial charge is 0.497 e. The molecule has 2 rings (SSSR count). The maximum atomic E-state index is 12.4. The van der Waals surface area contributed by atoms with E-state index in [2.05, 4.69) is 20.7 Å². The van der Waals surface area contributed by atoms with Crippen LogP contribution >= 0.6 is 15.9 Å². The molecule has 0 heterocycles. The minimum atomic E-state index is -3.74. The normalized spacial score (nSPS) is 11.2. The third-order valence-electron chi connectivity index (χ3n) is 2.84. The van der Waals surface area contributed by atoms with Crippen LogP contribution in [0.1, 0.15) is 5.56 Å². The van der Waals surface area contributed by atoms with Crippen molar-refractivity contribution in [1.82, 2.24) is 0 Å². The molecule has 0 spiro atoms. The van der Waals surface area contributed by atoms with E-state index in [1.807, 2.05) is 0 Å². The Kier molecular flexibility index (Phi) is 4.87. The fourth-order valence-corrected chi connectivity index (χ4v) is 3.44. The lowest BCUT2D eigenvalue weighted by atomic mass is 10.2. The lowest BCUT2D eigenvalue weighted by molar-refractivity contribution is 0.282. The number of aliphatic hydroxyl groups is 1. The Balaban J connectivity index is 2.40. The van der Waals surface area contributed by atoms with Crippen molar-refractivity contribution in [1.29, 1.82) is 0 Å². The zero-order chi connectivity index (χ0) is 15.5. The lowest BCUT2D eigenvalue weighted by Gasteiger charge is -2.13. The number of hydrogen-bond donors (Lipinski definition) is 2. The highest BCUT2D eigenvalue weighted by atomic mass is 79.9. The second kappa shape index (κ2) is 6.46. The molecule has 2 aromatic carbocycles. The van der Waals surface area contributed by atoms with E-state index in [0.29, 0.717) is 15.8 Å². The molecule has 0 atom stereocenters. The summed E-state index contributed by atoms with van der Waals surface area (Å²) in [7, 11) is -2.25. The summed E-state index contributed by atoms with van der Waals surface area (Å²) < 4.78 is 32.9. The Morgan fingerprint density at radius 3 is 2.62 bits per heavy atom. The van der Waals surface area contributed by atoms with Gasteiger partial charge in [0, 0.05) is 16.1 Å². The van der Waals surface area contributed by atoms with Crippen LogP contribution in [0, 0.1) is 0 Å². The second-order valence-corrected chi connectivity index (χ2v) is 6.84. The SMILES string of the molecule is COc1ccc(CO)c(NS(=O)(=O)c2cccc(Br)c2)c1. The maximum Gasteiger partial charge on any atom is 0.261 e. The van der Waals surface area contributed by atoms with Crippen molar-refractivity contribution in [3.05, 3.63) is 52.5 Å². The number of methoxy groups -OCH3 is 1. The van der Waals surface area contributed by atoms with Crippen molar-refractivity contribution in [2.45, 2.75) is 11.5 Å². The van der Waals surface area contributed by atoms with Gasteiger partial charge < -0.3 is 9.84 Å². The summed E-state index contributed by atoms with van der Waals surface area (Å²) in [4.78, 5) is 0.128. The number of halogens is 1. The fraction of sp³-hybridized carbons (Fsp3) is 0.143. The molecular weight excluding hydrogens is 358 g/mol. The molecule has 0 aromatic heterocycles. The van der Waals surface area contributed by atoms with Crippen LogP contribution in [-0.4, -0.2) is 20.6 Å². The third kappa shape index (κ3) is 3.75. The van der Waals surface area contributed by atoms with Gasteiger partial charge in [0.25, 0.3) is 10.0 Å². The predicted molar refractivity (Wildman–Crippen MR) is 83.9 cm³/mol. The van der Waals surface area contributed by atoms with Gasteiger partial charge in [-0.1, -0.05) is 28.1 Å². The van der Waals surface area contributed by atoms with Gasteiger partial charge in [0.05, 0.1) is 24.3 Å². The average molecular weight is 372 g/mol. The van der Waals surface area contributed by atoms with Gasteiger partial charge in [-0.3, -0.25) is 4.72 Å². The van der Waals surface area contributed by atoms with E-state index in [1.165, 1.54) is 25.3 Å². The summed E-state index contributed by atoms with van der Waals surface area (Å²) >= 11 is 3.24. The van der Waals surface area contributed by atoms with Gasteiger partial charge in [-0.2, -0.15) is 0 Å². The molecule has 0 unspecified atom stereocenters. The maximum absolute atomic E-state index is 12.4. The summed E-state index contributed by atoms with van der Waals surface area (Å²) in [5.41, 5.74) is 0.756. The van der Waals surface area contributed by atoms with E-state index in [1.54, 1.807) is 24.3 Å². The number of hydrogen-bond acceptors (Lipinski definition) is 4. The average Bonchev–Trinajstić information content (AvgIpc) is 2.46. The zero-order valence-corrected chi connectivity index (χ0v) is 13.6. The molecule has 2 N–H and O–H groups in total. The predicted octanol–water partition coefficient (Wildman–Crippen LogP) is 2.75. The molecule has 0 aliphatic carbocycles. The van der Waals surface area contributed by atoms with Crippen LogP contribution < -0.4 is 9.46 Å². The van der Waals surface area contributed by atoms with Crippen LogP contribution in [0.2, 0.25) is 0 Å². The zero-order valence-electron chi connectivity index (χ0n) is 11.2. The Labute approximate surface area is 131 Å². The Hall–Kier alpha value is -1.57. The Morgan fingerprint density at radius 2 is 2.00 bits per heavy atom. The van der Waals surface area contributed by atoms with Crippen molar-refractivity contribution in [2.75, 3.05) is 11.8 Å². The summed E-state index contributed by atoms with van der Waals surface area (Å²) in [5, 5.41) is 9.31. The van der Waals surface area contributed by atoms with Gasteiger partial charge in [-0.15, -0.1) is 0 Å². The first kappa shape index (κ1) is 15.8. The molecule has 21 heavy (non-hydrogen) atoms. The van der Waals surface area contributed by atoms with Crippen molar-refractivity contribution in [3.8, 4) is 5.75 Å². The van der Waals surface area contributed by atoms with Crippen molar-refractivity contribution in [2.24, 2.45) is 0 Å². The van der Waals surface area contributed by atoms with Crippen LogP contribution in [-0.2, 0) is 16.6 Å². The van der Waals surface area contributed by atoms with Crippen molar-refractivity contribution in [3.63, 3.8) is 0 Å². The Morgan fingerprint density at radius 1 is 1.24 bits per heavy atom. The molecule has 0 radical (unpaired) electrons. The summed E-state index contributed by atoms with van der Waals surface area (Å²) in [6.07, 6.45) is 0. The highest BCUT2D eigenvalue weighted by Crippen LogP contribution is 2.26. The molecular formula is C14H14BrNO4S. The molecule has 0 bridgehead atoms.